The number of benzene rings is 2. The van der Waals surface area contributed by atoms with E-state index in [2.05, 4.69) is 5.32 Å². The molecule has 0 aliphatic carbocycles. The summed E-state index contributed by atoms with van der Waals surface area (Å²) in [7, 11) is 3.44. The molecule has 3 rings (SSSR count). The molecule has 130 valence electrons. The van der Waals surface area contributed by atoms with Crippen LogP contribution in [-0.4, -0.2) is 30.0 Å². The van der Waals surface area contributed by atoms with Gasteiger partial charge in [0.05, 0.1) is 23.9 Å². The molecule has 0 unspecified atom stereocenters. The standard InChI is InChI=1S/C18H17Cl2N3OS/c1-21-18(25)23-17(11-3-6-13(24-2)7-4-11)10-16(22-23)14-8-5-12(19)9-15(14)20/h3-9,17H,10H2,1-2H3,(H,21,25)/t17-/m1/s1. The molecule has 0 fully saturated rings. The number of nitrogens with zero attached hydrogens (tertiary/aromatic N) is 2. The molecule has 1 aliphatic rings. The van der Waals surface area contributed by atoms with Crippen LogP contribution in [-0.2, 0) is 0 Å². The second kappa shape index (κ2) is 7.60. The Kier molecular flexibility index (Phi) is 5.47. The molecule has 4 nitrogen and oxygen atoms in total. The number of nitrogens with one attached hydrogen (secondary N) is 1. The lowest BCUT2D eigenvalue weighted by Crippen LogP contribution is -2.34. The van der Waals surface area contributed by atoms with Crippen LogP contribution < -0.4 is 10.1 Å². The summed E-state index contributed by atoms with van der Waals surface area (Å²) >= 11 is 17.8. The Balaban J connectivity index is 1.96. The Bertz CT molecular complexity index is 824. The van der Waals surface area contributed by atoms with E-state index < -0.39 is 0 Å². The molecule has 0 amide bonds. The topological polar surface area (TPSA) is 36.9 Å². The van der Waals surface area contributed by atoms with E-state index in [4.69, 9.17) is 45.3 Å². The van der Waals surface area contributed by atoms with Crippen molar-refractivity contribution in [3.63, 3.8) is 0 Å². The number of hydrazone groups is 1. The van der Waals surface area contributed by atoms with Crippen LogP contribution in [0, 0.1) is 0 Å². The minimum atomic E-state index is -0.00685. The molecule has 7 heteroatoms. The van der Waals surface area contributed by atoms with Crippen LogP contribution in [0.15, 0.2) is 47.6 Å². The largest absolute Gasteiger partial charge is 0.497 e. The van der Waals surface area contributed by atoms with Crippen LogP contribution >= 0.6 is 35.4 Å². The summed E-state index contributed by atoms with van der Waals surface area (Å²) in [6, 6.07) is 13.3. The van der Waals surface area contributed by atoms with E-state index in [0.29, 0.717) is 21.6 Å². The Morgan fingerprint density at radius 3 is 2.56 bits per heavy atom. The van der Waals surface area contributed by atoms with E-state index >= 15 is 0 Å². The smallest absolute Gasteiger partial charge is 0.189 e. The van der Waals surface area contributed by atoms with Crippen molar-refractivity contribution in [3.8, 4) is 5.75 Å². The van der Waals surface area contributed by atoms with Crippen LogP contribution in [0.4, 0.5) is 0 Å². The van der Waals surface area contributed by atoms with Gasteiger partial charge in [-0.15, -0.1) is 0 Å². The monoisotopic (exact) mass is 393 g/mol. The van der Waals surface area contributed by atoms with Gasteiger partial charge in [-0.2, -0.15) is 5.10 Å². The molecule has 0 spiro atoms. The van der Waals surface area contributed by atoms with E-state index in [1.165, 1.54) is 0 Å². The highest BCUT2D eigenvalue weighted by Crippen LogP contribution is 2.35. The highest BCUT2D eigenvalue weighted by molar-refractivity contribution is 7.80. The number of halogens is 2. The van der Waals surface area contributed by atoms with Crippen molar-refractivity contribution < 1.29 is 4.74 Å². The van der Waals surface area contributed by atoms with Gasteiger partial charge in [0.25, 0.3) is 0 Å². The summed E-state index contributed by atoms with van der Waals surface area (Å²) < 4.78 is 5.23. The lowest BCUT2D eigenvalue weighted by atomic mass is 9.98. The summed E-state index contributed by atoms with van der Waals surface area (Å²) in [6.07, 6.45) is 0.690. The lowest BCUT2D eigenvalue weighted by Gasteiger charge is -2.23. The van der Waals surface area contributed by atoms with Crippen LogP contribution in [0.3, 0.4) is 0 Å². The van der Waals surface area contributed by atoms with Crippen LogP contribution in [0.25, 0.3) is 0 Å². The van der Waals surface area contributed by atoms with E-state index in [-0.39, 0.29) is 6.04 Å². The van der Waals surface area contributed by atoms with Crippen molar-refractivity contribution in [2.45, 2.75) is 12.5 Å². The highest BCUT2D eigenvalue weighted by Gasteiger charge is 2.31. The predicted molar refractivity (Wildman–Crippen MR) is 107 cm³/mol. The number of rotatable bonds is 3. The SMILES string of the molecule is CNC(=S)N1N=C(c2ccc(Cl)cc2Cl)C[C@@H]1c1ccc(OC)cc1. The molecule has 0 saturated heterocycles. The zero-order chi connectivity index (χ0) is 18.0. The third kappa shape index (κ3) is 3.73. The van der Waals surface area contributed by atoms with Gasteiger partial charge in [0.2, 0.25) is 0 Å². The van der Waals surface area contributed by atoms with Crippen molar-refractivity contribution in [1.29, 1.82) is 0 Å². The summed E-state index contributed by atoms with van der Waals surface area (Å²) in [6.45, 7) is 0. The van der Waals surface area contributed by atoms with Gasteiger partial charge in [-0.3, -0.25) is 0 Å². The first kappa shape index (κ1) is 18.0. The first-order chi connectivity index (χ1) is 12.0. The minimum absolute atomic E-state index is 0.00685. The van der Waals surface area contributed by atoms with Crippen LogP contribution in [0.1, 0.15) is 23.6 Å². The molecule has 1 heterocycles. The van der Waals surface area contributed by atoms with Crippen molar-refractivity contribution in [1.82, 2.24) is 10.3 Å². The summed E-state index contributed by atoms with van der Waals surface area (Å²) in [5.74, 6) is 0.811. The van der Waals surface area contributed by atoms with Crippen molar-refractivity contribution in [2.75, 3.05) is 14.2 Å². The molecule has 1 aliphatic heterocycles. The van der Waals surface area contributed by atoms with Gasteiger partial charge in [0.1, 0.15) is 5.75 Å². The Hall–Kier alpha value is -1.82. The van der Waals surface area contributed by atoms with Gasteiger partial charge in [-0.05, 0) is 42.0 Å². The van der Waals surface area contributed by atoms with E-state index in [9.17, 15) is 0 Å². The van der Waals surface area contributed by atoms with Crippen molar-refractivity contribution >= 4 is 46.2 Å². The molecule has 0 bridgehead atoms. The van der Waals surface area contributed by atoms with E-state index in [1.54, 1.807) is 20.2 Å². The molecule has 1 atom stereocenters. The molecular formula is C18H17Cl2N3OS. The molecule has 0 aromatic heterocycles. The van der Waals surface area contributed by atoms with Gasteiger partial charge in [0, 0.05) is 24.1 Å². The molecule has 0 radical (unpaired) electrons. The minimum Gasteiger partial charge on any atom is -0.497 e. The average molecular weight is 394 g/mol. The lowest BCUT2D eigenvalue weighted by molar-refractivity contribution is 0.365. The fraction of sp³-hybridized carbons (Fsp3) is 0.222. The number of hydrogen-bond acceptors (Lipinski definition) is 3. The second-order valence-corrected chi connectivity index (χ2v) is 6.79. The molecule has 1 N–H and O–H groups in total. The highest BCUT2D eigenvalue weighted by atomic mass is 35.5. The Morgan fingerprint density at radius 2 is 1.96 bits per heavy atom. The van der Waals surface area contributed by atoms with Crippen molar-refractivity contribution in [2.24, 2.45) is 5.10 Å². The normalized spacial score (nSPS) is 16.6. The Morgan fingerprint density at radius 1 is 1.24 bits per heavy atom. The maximum atomic E-state index is 6.36. The molecule has 0 saturated carbocycles. The van der Waals surface area contributed by atoms with Crippen LogP contribution in [0.2, 0.25) is 10.0 Å². The number of thiocarbonyl (C=S) groups is 1. The van der Waals surface area contributed by atoms with Gasteiger partial charge < -0.3 is 10.1 Å². The number of ether oxygens (including phenoxy) is 1. The maximum absolute atomic E-state index is 6.36. The zero-order valence-corrected chi connectivity index (χ0v) is 16.1. The molecule has 2 aromatic carbocycles. The average Bonchev–Trinajstić information content (AvgIpc) is 3.06. The molecular weight excluding hydrogens is 377 g/mol. The Labute approximate surface area is 162 Å². The third-order valence-electron chi connectivity index (χ3n) is 4.07. The van der Waals surface area contributed by atoms with Crippen LogP contribution in [0.5, 0.6) is 5.75 Å². The van der Waals surface area contributed by atoms with Gasteiger partial charge in [0.15, 0.2) is 5.11 Å². The summed E-state index contributed by atoms with van der Waals surface area (Å²) in [5, 5.41) is 11.3. The molecule has 2 aromatic rings. The predicted octanol–water partition coefficient (Wildman–Crippen LogP) is 4.66. The van der Waals surface area contributed by atoms with Gasteiger partial charge in [-0.25, -0.2) is 5.01 Å². The maximum Gasteiger partial charge on any atom is 0.189 e. The number of hydrogen-bond donors (Lipinski definition) is 1. The van der Waals surface area contributed by atoms with E-state index in [1.807, 2.05) is 41.4 Å². The first-order valence-corrected chi connectivity index (χ1v) is 8.87. The third-order valence-corrected chi connectivity index (χ3v) is 5.01. The first-order valence-electron chi connectivity index (χ1n) is 7.71. The van der Waals surface area contributed by atoms with Gasteiger partial charge >= 0.3 is 0 Å². The second-order valence-electron chi connectivity index (χ2n) is 5.56. The fourth-order valence-electron chi connectivity index (χ4n) is 2.78. The zero-order valence-electron chi connectivity index (χ0n) is 13.8. The van der Waals surface area contributed by atoms with E-state index in [0.717, 1.165) is 22.6 Å². The quantitative estimate of drug-likeness (QED) is 0.769. The fourth-order valence-corrected chi connectivity index (χ4v) is 3.47. The van der Waals surface area contributed by atoms with Crippen molar-refractivity contribution in [3.05, 3.63) is 63.6 Å². The van der Waals surface area contributed by atoms with Gasteiger partial charge in [-0.1, -0.05) is 41.4 Å². The number of methoxy groups -OCH3 is 1. The molecule has 25 heavy (non-hydrogen) atoms. The summed E-state index contributed by atoms with van der Waals surface area (Å²) in [5.41, 5.74) is 2.84. The summed E-state index contributed by atoms with van der Waals surface area (Å²) in [4.78, 5) is 0.